The molecule has 0 aromatic heterocycles. The van der Waals surface area contributed by atoms with Crippen molar-refractivity contribution in [3.63, 3.8) is 0 Å². The first-order chi connectivity index (χ1) is 3.72. The minimum absolute atomic E-state index is 1.21. The average Bonchev–Trinajstić information content (AvgIpc) is 1.84. The van der Waals surface area contributed by atoms with Crippen molar-refractivity contribution in [2.45, 2.75) is 40.5 Å². The van der Waals surface area contributed by atoms with Crippen LogP contribution in [0.3, 0.4) is 0 Å². The third-order valence-electron chi connectivity index (χ3n) is 1.79. The van der Waals surface area contributed by atoms with E-state index in [-0.39, 0.29) is 0 Å². The lowest BCUT2D eigenvalue weighted by atomic mass is 10.1. The van der Waals surface area contributed by atoms with Crippen molar-refractivity contribution >= 4 is 0 Å². The molecule has 0 heteroatoms. The smallest absolute Gasteiger partial charge is 0.0349 e. The third kappa shape index (κ3) is 2.15. The Labute approximate surface area is 52.6 Å². The summed E-state index contributed by atoms with van der Waals surface area (Å²) in [5.41, 5.74) is 3.10. The van der Waals surface area contributed by atoms with Gasteiger partial charge in [-0.05, 0) is 26.7 Å². The standard InChI is InChI=1S/C8H16/c1-5-7(3)8(4)6-2/h5-6H2,1-4H3/b8-7-. The largest absolute Gasteiger partial charge is 0.0747 e. The molecule has 0 aliphatic heterocycles. The summed E-state index contributed by atoms with van der Waals surface area (Å²) in [4.78, 5) is 0. The van der Waals surface area contributed by atoms with Crippen LogP contribution in [0, 0.1) is 0 Å². The maximum absolute atomic E-state index is 2.21. The molecular formula is C8H16. The summed E-state index contributed by atoms with van der Waals surface area (Å²) < 4.78 is 0. The molecule has 0 aliphatic rings. The van der Waals surface area contributed by atoms with Gasteiger partial charge in [-0.3, -0.25) is 0 Å². The number of hydrogen-bond donors (Lipinski definition) is 0. The van der Waals surface area contributed by atoms with E-state index in [9.17, 15) is 0 Å². The van der Waals surface area contributed by atoms with E-state index < -0.39 is 0 Å². The zero-order valence-electron chi connectivity index (χ0n) is 6.41. The lowest BCUT2D eigenvalue weighted by molar-refractivity contribution is 0.985. The number of hydrogen-bond acceptors (Lipinski definition) is 0. The fourth-order valence-electron chi connectivity index (χ4n) is 0.604. The highest BCUT2D eigenvalue weighted by atomic mass is 13.9. The van der Waals surface area contributed by atoms with Gasteiger partial charge in [0.2, 0.25) is 0 Å². The van der Waals surface area contributed by atoms with Crippen molar-refractivity contribution in [2.75, 3.05) is 0 Å². The van der Waals surface area contributed by atoms with Crippen molar-refractivity contribution in [2.24, 2.45) is 0 Å². The van der Waals surface area contributed by atoms with Gasteiger partial charge in [-0.25, -0.2) is 0 Å². The van der Waals surface area contributed by atoms with Crippen molar-refractivity contribution in [1.29, 1.82) is 0 Å². The fraction of sp³-hybridized carbons (Fsp3) is 0.750. The topological polar surface area (TPSA) is 0 Å². The van der Waals surface area contributed by atoms with Crippen molar-refractivity contribution < 1.29 is 0 Å². The summed E-state index contributed by atoms with van der Waals surface area (Å²) in [5.74, 6) is 0. The van der Waals surface area contributed by atoms with Gasteiger partial charge in [0.25, 0.3) is 0 Å². The first-order valence-electron chi connectivity index (χ1n) is 3.37. The highest BCUT2D eigenvalue weighted by Crippen LogP contribution is 2.09. The average molecular weight is 112 g/mol. The van der Waals surface area contributed by atoms with E-state index >= 15 is 0 Å². The minimum Gasteiger partial charge on any atom is -0.0747 e. The van der Waals surface area contributed by atoms with Crippen LogP contribution in [0.15, 0.2) is 11.1 Å². The van der Waals surface area contributed by atoms with Gasteiger partial charge in [-0.15, -0.1) is 0 Å². The van der Waals surface area contributed by atoms with E-state index in [1.54, 1.807) is 11.1 Å². The Morgan fingerprint density at radius 3 is 1.25 bits per heavy atom. The molecule has 0 saturated carbocycles. The second-order valence-corrected chi connectivity index (χ2v) is 2.27. The Bertz CT molecular complexity index is 76.2. The molecule has 0 aromatic rings. The molecule has 48 valence electrons. The maximum Gasteiger partial charge on any atom is -0.0349 e. The summed E-state index contributed by atoms with van der Waals surface area (Å²) in [6, 6.07) is 0. The van der Waals surface area contributed by atoms with Crippen LogP contribution in [0.25, 0.3) is 0 Å². The van der Waals surface area contributed by atoms with Gasteiger partial charge in [0.05, 0.1) is 0 Å². The van der Waals surface area contributed by atoms with Crippen molar-refractivity contribution in [3.8, 4) is 0 Å². The molecule has 0 aliphatic carbocycles. The van der Waals surface area contributed by atoms with Crippen molar-refractivity contribution in [3.05, 3.63) is 11.1 Å². The van der Waals surface area contributed by atoms with Gasteiger partial charge in [-0.2, -0.15) is 0 Å². The molecule has 0 N–H and O–H groups in total. The lowest BCUT2D eigenvalue weighted by Gasteiger charge is -1.99. The molecule has 0 unspecified atom stereocenters. The zero-order valence-corrected chi connectivity index (χ0v) is 6.41. The van der Waals surface area contributed by atoms with E-state index in [1.807, 2.05) is 0 Å². The van der Waals surface area contributed by atoms with Crippen molar-refractivity contribution in [1.82, 2.24) is 0 Å². The molecule has 0 fully saturated rings. The van der Waals surface area contributed by atoms with Crippen LogP contribution in [0.2, 0.25) is 0 Å². The third-order valence-corrected chi connectivity index (χ3v) is 1.79. The SMILES string of the molecule is CC/C(C)=C(/C)CC. The van der Waals surface area contributed by atoms with Crippen LogP contribution in [-0.4, -0.2) is 0 Å². The summed E-state index contributed by atoms with van der Waals surface area (Å²) in [6.07, 6.45) is 2.42. The van der Waals surface area contributed by atoms with E-state index in [1.165, 1.54) is 12.8 Å². The van der Waals surface area contributed by atoms with E-state index in [0.717, 1.165) is 0 Å². The van der Waals surface area contributed by atoms with Crippen LogP contribution in [0.5, 0.6) is 0 Å². The highest BCUT2D eigenvalue weighted by molar-refractivity contribution is 5.07. The van der Waals surface area contributed by atoms with Gasteiger partial charge in [0.1, 0.15) is 0 Å². The Kier molecular flexibility index (Phi) is 3.59. The van der Waals surface area contributed by atoms with Gasteiger partial charge in [0, 0.05) is 0 Å². The fourth-order valence-corrected chi connectivity index (χ4v) is 0.604. The number of rotatable bonds is 2. The second kappa shape index (κ2) is 3.71. The highest BCUT2D eigenvalue weighted by Gasteiger charge is 1.88. The van der Waals surface area contributed by atoms with Crippen LogP contribution < -0.4 is 0 Å². The normalized spacial score (nSPS) is 13.5. The van der Waals surface area contributed by atoms with Gasteiger partial charge in [0.15, 0.2) is 0 Å². The molecular weight excluding hydrogens is 96.1 g/mol. The monoisotopic (exact) mass is 112 g/mol. The lowest BCUT2D eigenvalue weighted by Crippen LogP contribution is -1.78. The first-order valence-corrected chi connectivity index (χ1v) is 3.37. The van der Waals surface area contributed by atoms with E-state index in [0.29, 0.717) is 0 Å². The molecule has 0 radical (unpaired) electrons. The Hall–Kier alpha value is -0.260. The van der Waals surface area contributed by atoms with Crippen LogP contribution in [-0.2, 0) is 0 Å². The number of allylic oxidation sites excluding steroid dienone is 2. The molecule has 0 bridgehead atoms. The summed E-state index contributed by atoms with van der Waals surface area (Å²) in [6.45, 7) is 8.82. The minimum atomic E-state index is 1.21. The Morgan fingerprint density at radius 2 is 1.12 bits per heavy atom. The summed E-state index contributed by atoms with van der Waals surface area (Å²) in [7, 11) is 0. The van der Waals surface area contributed by atoms with Gasteiger partial charge >= 0.3 is 0 Å². The molecule has 0 rings (SSSR count). The maximum atomic E-state index is 2.21. The Morgan fingerprint density at radius 1 is 0.875 bits per heavy atom. The van der Waals surface area contributed by atoms with Crippen LogP contribution >= 0.6 is 0 Å². The summed E-state index contributed by atoms with van der Waals surface area (Å²) >= 11 is 0. The molecule has 0 nitrogen and oxygen atoms in total. The molecule has 0 amide bonds. The van der Waals surface area contributed by atoms with Gasteiger partial charge < -0.3 is 0 Å². The quantitative estimate of drug-likeness (QED) is 0.481. The zero-order chi connectivity index (χ0) is 6.57. The summed E-state index contributed by atoms with van der Waals surface area (Å²) in [5, 5.41) is 0. The first kappa shape index (κ1) is 7.74. The molecule has 0 saturated heterocycles. The Balaban J connectivity index is 3.83. The second-order valence-electron chi connectivity index (χ2n) is 2.27. The van der Waals surface area contributed by atoms with Crippen LogP contribution in [0.4, 0.5) is 0 Å². The predicted molar refractivity (Wildman–Crippen MR) is 39.0 cm³/mol. The molecule has 0 aromatic carbocycles. The molecule has 8 heavy (non-hydrogen) atoms. The predicted octanol–water partition coefficient (Wildman–Crippen LogP) is 3.14. The molecule has 0 spiro atoms. The van der Waals surface area contributed by atoms with Crippen LogP contribution in [0.1, 0.15) is 40.5 Å². The molecule has 0 atom stereocenters. The van der Waals surface area contributed by atoms with E-state index in [4.69, 9.17) is 0 Å². The van der Waals surface area contributed by atoms with Gasteiger partial charge in [-0.1, -0.05) is 25.0 Å². The van der Waals surface area contributed by atoms with E-state index in [2.05, 4.69) is 27.7 Å². The molecule has 0 heterocycles.